The Kier molecular flexibility index (Phi) is 3.28. The summed E-state index contributed by atoms with van der Waals surface area (Å²) in [6, 6.07) is 0. The molecule has 88 valence electrons. The summed E-state index contributed by atoms with van der Waals surface area (Å²) in [6.45, 7) is 4.27. The Morgan fingerprint density at radius 3 is 3.00 bits per heavy atom. The van der Waals surface area contributed by atoms with E-state index in [4.69, 9.17) is 5.11 Å². The van der Waals surface area contributed by atoms with Gasteiger partial charge < -0.3 is 5.11 Å². The molecular weight excluding hydrogens is 222 g/mol. The van der Waals surface area contributed by atoms with Crippen molar-refractivity contribution in [3.8, 4) is 0 Å². The zero-order valence-corrected chi connectivity index (χ0v) is 10.5. The number of carboxylic acids is 1. The van der Waals surface area contributed by atoms with E-state index in [1.165, 1.54) is 4.88 Å². The normalized spacial score (nSPS) is 19.8. The fourth-order valence-electron chi connectivity index (χ4n) is 2.18. The molecule has 0 saturated heterocycles. The molecule has 0 bridgehead atoms. The second-order valence-electron chi connectivity index (χ2n) is 4.70. The lowest BCUT2D eigenvalue weighted by Gasteiger charge is -2.18. The van der Waals surface area contributed by atoms with Gasteiger partial charge in [-0.2, -0.15) is 0 Å². The molecule has 1 unspecified atom stereocenters. The van der Waals surface area contributed by atoms with Crippen LogP contribution >= 0.6 is 11.3 Å². The van der Waals surface area contributed by atoms with Crippen LogP contribution in [0.4, 0.5) is 0 Å². The molecule has 0 aromatic carbocycles. The Hall–Kier alpha value is -0.900. The average Bonchev–Trinajstić information content (AvgIpc) is 2.61. The number of rotatable bonds is 3. The van der Waals surface area contributed by atoms with Crippen LogP contribution in [-0.2, 0) is 11.2 Å². The van der Waals surface area contributed by atoms with E-state index in [0.29, 0.717) is 5.92 Å². The van der Waals surface area contributed by atoms with E-state index in [-0.39, 0.29) is 12.3 Å². The SMILES string of the molecule is CC(C)c1nc2c(s1)CCCC2CC(=O)O. The van der Waals surface area contributed by atoms with Crippen LogP contribution in [0.1, 0.15) is 60.5 Å². The fourth-order valence-corrected chi connectivity index (χ4v) is 3.38. The maximum absolute atomic E-state index is 10.8. The third-order valence-corrected chi connectivity index (χ3v) is 4.43. The van der Waals surface area contributed by atoms with Gasteiger partial charge in [-0.15, -0.1) is 11.3 Å². The van der Waals surface area contributed by atoms with Gasteiger partial charge in [0, 0.05) is 16.7 Å². The van der Waals surface area contributed by atoms with Gasteiger partial charge in [0.1, 0.15) is 0 Å². The van der Waals surface area contributed by atoms with E-state index in [1.807, 2.05) is 0 Å². The van der Waals surface area contributed by atoms with Gasteiger partial charge in [0.2, 0.25) is 0 Å². The number of aliphatic carboxylic acids is 1. The van der Waals surface area contributed by atoms with Crippen molar-refractivity contribution < 1.29 is 9.90 Å². The molecule has 4 heteroatoms. The molecule has 0 amide bonds. The largest absolute Gasteiger partial charge is 0.481 e. The minimum absolute atomic E-state index is 0.144. The summed E-state index contributed by atoms with van der Waals surface area (Å²) < 4.78 is 0. The molecule has 1 aliphatic carbocycles. The Balaban J connectivity index is 2.27. The minimum Gasteiger partial charge on any atom is -0.481 e. The first kappa shape index (κ1) is 11.6. The molecule has 1 atom stereocenters. The lowest BCUT2D eigenvalue weighted by molar-refractivity contribution is -0.137. The summed E-state index contributed by atoms with van der Waals surface area (Å²) in [5.74, 6) is -0.122. The van der Waals surface area contributed by atoms with Crippen molar-refractivity contribution in [2.45, 2.75) is 51.4 Å². The summed E-state index contributed by atoms with van der Waals surface area (Å²) in [7, 11) is 0. The number of carboxylic acid groups (broad SMARTS) is 1. The van der Waals surface area contributed by atoms with Crippen molar-refractivity contribution in [3.63, 3.8) is 0 Å². The van der Waals surface area contributed by atoms with Crippen LogP contribution in [0.2, 0.25) is 0 Å². The standard InChI is InChI=1S/C12H17NO2S/c1-7(2)12-13-11-8(6-10(14)15)4-3-5-9(11)16-12/h7-8H,3-6H2,1-2H3,(H,14,15). The highest BCUT2D eigenvalue weighted by molar-refractivity contribution is 7.11. The monoisotopic (exact) mass is 239 g/mol. The summed E-state index contributed by atoms with van der Waals surface area (Å²) >= 11 is 1.77. The Labute approximate surface area is 99.5 Å². The molecule has 16 heavy (non-hydrogen) atoms. The molecule has 1 aromatic heterocycles. The van der Waals surface area contributed by atoms with Crippen LogP contribution in [0.5, 0.6) is 0 Å². The molecule has 1 N–H and O–H groups in total. The molecule has 2 rings (SSSR count). The lowest BCUT2D eigenvalue weighted by atomic mass is 9.88. The van der Waals surface area contributed by atoms with E-state index in [9.17, 15) is 4.79 Å². The zero-order valence-electron chi connectivity index (χ0n) is 9.69. The highest BCUT2D eigenvalue weighted by atomic mass is 32.1. The number of hydrogen-bond acceptors (Lipinski definition) is 3. The number of nitrogens with zero attached hydrogens (tertiary/aromatic N) is 1. The third kappa shape index (κ3) is 2.26. The van der Waals surface area contributed by atoms with E-state index < -0.39 is 5.97 Å². The molecule has 1 aromatic rings. The smallest absolute Gasteiger partial charge is 0.304 e. The number of aryl methyl sites for hydroxylation is 1. The summed E-state index contributed by atoms with van der Waals surface area (Å²) in [6.07, 6.45) is 3.38. The van der Waals surface area contributed by atoms with Gasteiger partial charge in [-0.25, -0.2) is 4.98 Å². The predicted octanol–water partition coefficient (Wildman–Crippen LogP) is 3.16. The summed E-state index contributed by atoms with van der Waals surface area (Å²) in [4.78, 5) is 16.8. The Morgan fingerprint density at radius 2 is 2.38 bits per heavy atom. The fraction of sp³-hybridized carbons (Fsp3) is 0.667. The number of thiazole rings is 1. The van der Waals surface area contributed by atoms with Crippen LogP contribution in [-0.4, -0.2) is 16.1 Å². The highest BCUT2D eigenvalue weighted by Crippen LogP contribution is 2.38. The van der Waals surface area contributed by atoms with Crippen molar-refractivity contribution in [1.29, 1.82) is 0 Å². The third-order valence-electron chi connectivity index (χ3n) is 3.00. The molecule has 3 nitrogen and oxygen atoms in total. The number of carbonyl (C=O) groups is 1. The maximum Gasteiger partial charge on any atom is 0.304 e. The first-order chi connectivity index (χ1) is 7.58. The second-order valence-corrected chi connectivity index (χ2v) is 5.82. The predicted molar refractivity (Wildman–Crippen MR) is 64.1 cm³/mol. The topological polar surface area (TPSA) is 50.2 Å². The molecule has 1 aliphatic rings. The Bertz CT molecular complexity index is 398. The quantitative estimate of drug-likeness (QED) is 0.881. The van der Waals surface area contributed by atoms with Gasteiger partial charge in [0.25, 0.3) is 0 Å². The van der Waals surface area contributed by atoms with E-state index >= 15 is 0 Å². The van der Waals surface area contributed by atoms with Crippen molar-refractivity contribution in [2.24, 2.45) is 0 Å². The van der Waals surface area contributed by atoms with Crippen molar-refractivity contribution in [3.05, 3.63) is 15.6 Å². The summed E-state index contributed by atoms with van der Waals surface area (Å²) in [5.41, 5.74) is 1.07. The van der Waals surface area contributed by atoms with Gasteiger partial charge in [-0.05, 0) is 19.3 Å². The van der Waals surface area contributed by atoms with Crippen LogP contribution in [0.25, 0.3) is 0 Å². The van der Waals surface area contributed by atoms with Gasteiger partial charge in [-0.1, -0.05) is 13.8 Å². The number of hydrogen-bond donors (Lipinski definition) is 1. The van der Waals surface area contributed by atoms with E-state index in [1.54, 1.807) is 11.3 Å². The molecular formula is C12H17NO2S. The van der Waals surface area contributed by atoms with Gasteiger partial charge >= 0.3 is 5.97 Å². The van der Waals surface area contributed by atoms with Crippen LogP contribution in [0.3, 0.4) is 0 Å². The van der Waals surface area contributed by atoms with Crippen LogP contribution < -0.4 is 0 Å². The summed E-state index contributed by atoms with van der Waals surface area (Å²) in [5, 5.41) is 10.0. The molecule has 0 spiro atoms. The van der Waals surface area contributed by atoms with Crippen LogP contribution in [0.15, 0.2) is 0 Å². The number of fused-ring (bicyclic) bond motifs is 1. The number of aromatic nitrogens is 1. The van der Waals surface area contributed by atoms with Crippen molar-refractivity contribution >= 4 is 17.3 Å². The van der Waals surface area contributed by atoms with Crippen molar-refractivity contribution in [2.75, 3.05) is 0 Å². The Morgan fingerprint density at radius 1 is 1.62 bits per heavy atom. The first-order valence-corrected chi connectivity index (χ1v) is 6.61. The van der Waals surface area contributed by atoms with Gasteiger partial charge in [0.15, 0.2) is 0 Å². The molecule has 0 fully saturated rings. The van der Waals surface area contributed by atoms with E-state index in [0.717, 1.165) is 30.0 Å². The van der Waals surface area contributed by atoms with Gasteiger partial charge in [0.05, 0.1) is 17.1 Å². The first-order valence-electron chi connectivity index (χ1n) is 5.79. The minimum atomic E-state index is -0.711. The van der Waals surface area contributed by atoms with Gasteiger partial charge in [-0.3, -0.25) is 4.79 Å². The highest BCUT2D eigenvalue weighted by Gasteiger charge is 2.26. The molecule has 0 saturated carbocycles. The molecule has 1 heterocycles. The second kappa shape index (κ2) is 4.53. The van der Waals surface area contributed by atoms with Crippen molar-refractivity contribution in [1.82, 2.24) is 4.98 Å². The van der Waals surface area contributed by atoms with Crippen LogP contribution in [0, 0.1) is 0 Å². The van der Waals surface area contributed by atoms with E-state index in [2.05, 4.69) is 18.8 Å². The maximum atomic E-state index is 10.8. The molecule has 0 radical (unpaired) electrons. The molecule has 0 aliphatic heterocycles. The lowest BCUT2D eigenvalue weighted by Crippen LogP contribution is -2.12. The average molecular weight is 239 g/mol. The zero-order chi connectivity index (χ0) is 11.7.